The molecule has 1 aliphatic rings. The average molecular weight is 503 g/mol. The number of aromatic nitrogens is 1. The molecule has 0 radical (unpaired) electrons. The number of aliphatic hydroxyl groups excluding tert-OH is 3. The van der Waals surface area contributed by atoms with E-state index in [0.717, 1.165) is 49.1 Å². The van der Waals surface area contributed by atoms with Crippen molar-refractivity contribution in [1.82, 2.24) is 9.88 Å². The second-order valence-electron chi connectivity index (χ2n) is 8.94. The summed E-state index contributed by atoms with van der Waals surface area (Å²) in [4.78, 5) is 6.88. The van der Waals surface area contributed by atoms with Crippen molar-refractivity contribution in [1.29, 1.82) is 0 Å². The van der Waals surface area contributed by atoms with Gasteiger partial charge in [-0.1, -0.05) is 18.2 Å². The molecule has 4 atom stereocenters. The third kappa shape index (κ3) is 6.30. The van der Waals surface area contributed by atoms with E-state index in [4.69, 9.17) is 4.74 Å². The topological polar surface area (TPSA) is 86.0 Å². The summed E-state index contributed by atoms with van der Waals surface area (Å²) in [6, 6.07) is 11.7. The Morgan fingerprint density at radius 3 is 2.88 bits per heavy atom. The number of hydrogen-bond acceptors (Lipinski definition) is 8. The lowest BCUT2D eigenvalue weighted by molar-refractivity contribution is -0.0144. The van der Waals surface area contributed by atoms with Crippen LogP contribution in [0.2, 0.25) is 0 Å². The smallest absolute Gasteiger partial charge is 0.137 e. The first-order valence-corrected chi connectivity index (χ1v) is 13.7. The molecule has 184 valence electrons. The molecular weight excluding hydrogens is 468 g/mol. The van der Waals surface area contributed by atoms with Gasteiger partial charge in [-0.15, -0.1) is 23.1 Å². The van der Waals surface area contributed by atoms with Gasteiger partial charge in [0, 0.05) is 30.8 Å². The Hall–Kier alpha value is -1.68. The second-order valence-corrected chi connectivity index (χ2v) is 11.3. The lowest BCUT2D eigenvalue weighted by atomic mass is 9.78. The molecule has 1 aliphatic heterocycles. The lowest BCUT2D eigenvalue weighted by Gasteiger charge is -2.39. The Bertz CT molecular complexity index is 1030. The van der Waals surface area contributed by atoms with Crippen LogP contribution >= 0.6 is 23.1 Å². The largest absolute Gasteiger partial charge is 0.495 e. The highest BCUT2D eigenvalue weighted by atomic mass is 32.2. The zero-order chi connectivity index (χ0) is 23.9. The van der Waals surface area contributed by atoms with Crippen LogP contribution in [-0.2, 0) is 0 Å². The Balaban J connectivity index is 1.37. The monoisotopic (exact) mass is 502 g/mol. The quantitative estimate of drug-likeness (QED) is 0.339. The summed E-state index contributed by atoms with van der Waals surface area (Å²) >= 11 is 3.67. The average Bonchev–Trinajstić information content (AvgIpc) is 3.38. The number of rotatable bonds is 11. The molecule has 0 unspecified atom stereocenters. The number of methoxy groups -OCH3 is 1. The first kappa shape index (κ1) is 25.4. The maximum absolute atomic E-state index is 11.1. The highest BCUT2D eigenvalue weighted by Gasteiger charge is 2.32. The van der Waals surface area contributed by atoms with Gasteiger partial charge in [-0.3, -0.25) is 4.98 Å². The zero-order valence-corrected chi connectivity index (χ0v) is 21.2. The van der Waals surface area contributed by atoms with Crippen molar-refractivity contribution < 1.29 is 20.1 Å². The number of nitrogens with zero attached hydrogens (tertiary/aromatic N) is 2. The highest BCUT2D eigenvalue weighted by Crippen LogP contribution is 2.35. The van der Waals surface area contributed by atoms with Crippen LogP contribution < -0.4 is 4.74 Å². The first-order chi connectivity index (χ1) is 16.6. The minimum atomic E-state index is -1.01. The van der Waals surface area contributed by atoms with Crippen molar-refractivity contribution in [3.8, 4) is 5.75 Å². The molecule has 0 bridgehead atoms. The van der Waals surface area contributed by atoms with E-state index in [0.29, 0.717) is 23.7 Å². The van der Waals surface area contributed by atoms with Crippen LogP contribution in [0.5, 0.6) is 5.75 Å². The van der Waals surface area contributed by atoms with Crippen molar-refractivity contribution in [3.05, 3.63) is 53.5 Å². The van der Waals surface area contributed by atoms with E-state index in [1.807, 2.05) is 36.0 Å². The summed E-state index contributed by atoms with van der Waals surface area (Å²) in [5.74, 6) is 2.24. The summed E-state index contributed by atoms with van der Waals surface area (Å²) in [6.45, 7) is 3.07. The fourth-order valence-corrected chi connectivity index (χ4v) is 6.81. The van der Waals surface area contributed by atoms with Gasteiger partial charge in [0.2, 0.25) is 0 Å². The number of ether oxygens (including phenoxy) is 1. The first-order valence-electron chi connectivity index (χ1n) is 11.9. The van der Waals surface area contributed by atoms with Gasteiger partial charge in [0.25, 0.3) is 0 Å². The number of pyridine rings is 1. The molecule has 8 heteroatoms. The number of thiophene rings is 1. The van der Waals surface area contributed by atoms with E-state index >= 15 is 0 Å². The molecule has 0 saturated carbocycles. The molecule has 1 aromatic carbocycles. The SMILES string of the molecule is COc1cnc2cccc([C@@H](O)[C@H](O)C[C@@H]3CCN(CCSc4cccs4)C[C@@H]3CCO)c2c1. The number of benzene rings is 1. The lowest BCUT2D eigenvalue weighted by Crippen LogP contribution is -2.43. The third-order valence-corrected chi connectivity index (χ3v) is 8.93. The maximum Gasteiger partial charge on any atom is 0.137 e. The van der Waals surface area contributed by atoms with Gasteiger partial charge in [0.1, 0.15) is 11.9 Å². The van der Waals surface area contributed by atoms with Gasteiger partial charge in [-0.05, 0) is 66.8 Å². The number of piperidine rings is 1. The molecule has 1 saturated heterocycles. The summed E-state index contributed by atoms with van der Waals surface area (Å²) in [7, 11) is 1.59. The van der Waals surface area contributed by atoms with Crippen molar-refractivity contribution in [3.63, 3.8) is 0 Å². The van der Waals surface area contributed by atoms with Gasteiger partial charge in [0.05, 0.1) is 29.1 Å². The van der Waals surface area contributed by atoms with E-state index in [2.05, 4.69) is 27.4 Å². The van der Waals surface area contributed by atoms with E-state index < -0.39 is 12.2 Å². The summed E-state index contributed by atoms with van der Waals surface area (Å²) < 4.78 is 6.65. The number of aliphatic hydroxyl groups is 3. The summed E-state index contributed by atoms with van der Waals surface area (Å²) in [5, 5.41) is 34.7. The van der Waals surface area contributed by atoms with Crippen LogP contribution in [0.25, 0.3) is 10.9 Å². The predicted molar refractivity (Wildman–Crippen MR) is 139 cm³/mol. The molecule has 3 N–H and O–H groups in total. The Labute approximate surface area is 209 Å². The van der Waals surface area contributed by atoms with Gasteiger partial charge in [-0.25, -0.2) is 0 Å². The third-order valence-electron chi connectivity index (χ3n) is 6.82. The van der Waals surface area contributed by atoms with Crippen LogP contribution in [0.1, 0.15) is 30.9 Å². The molecule has 4 rings (SSSR count). The Kier molecular flexibility index (Phi) is 9.22. The molecule has 2 aromatic heterocycles. The fraction of sp³-hybridized carbons (Fsp3) is 0.500. The minimum Gasteiger partial charge on any atom is -0.495 e. The van der Waals surface area contributed by atoms with E-state index in [1.54, 1.807) is 24.6 Å². The molecule has 1 fully saturated rings. The molecular formula is C26H34N2O4S2. The van der Waals surface area contributed by atoms with Crippen LogP contribution in [0.3, 0.4) is 0 Å². The molecule has 0 aliphatic carbocycles. The minimum absolute atomic E-state index is 0.145. The van der Waals surface area contributed by atoms with Crippen LogP contribution in [0, 0.1) is 11.8 Å². The maximum atomic E-state index is 11.1. The van der Waals surface area contributed by atoms with Crippen LogP contribution in [-0.4, -0.2) is 70.4 Å². The molecule has 0 amide bonds. The number of thioether (sulfide) groups is 1. The number of likely N-dealkylation sites (tertiary alicyclic amines) is 1. The molecule has 6 nitrogen and oxygen atoms in total. The van der Waals surface area contributed by atoms with Gasteiger partial charge in [0.15, 0.2) is 0 Å². The summed E-state index contributed by atoms with van der Waals surface area (Å²) in [5.41, 5.74) is 1.43. The van der Waals surface area contributed by atoms with Gasteiger partial charge >= 0.3 is 0 Å². The van der Waals surface area contributed by atoms with E-state index in [-0.39, 0.29) is 12.5 Å². The van der Waals surface area contributed by atoms with Crippen molar-refractivity contribution in [2.45, 2.75) is 35.7 Å². The van der Waals surface area contributed by atoms with Gasteiger partial charge in [-0.2, -0.15) is 0 Å². The van der Waals surface area contributed by atoms with Crippen molar-refractivity contribution >= 4 is 34.0 Å². The van der Waals surface area contributed by atoms with Crippen LogP contribution in [0.15, 0.2) is 52.2 Å². The molecule has 0 spiro atoms. The molecule has 34 heavy (non-hydrogen) atoms. The normalized spacial score (nSPS) is 20.9. The zero-order valence-electron chi connectivity index (χ0n) is 19.5. The van der Waals surface area contributed by atoms with Crippen molar-refractivity contribution in [2.75, 3.05) is 39.1 Å². The Morgan fingerprint density at radius 1 is 1.24 bits per heavy atom. The van der Waals surface area contributed by atoms with E-state index in [1.165, 1.54) is 4.21 Å². The number of hydrogen-bond donors (Lipinski definition) is 3. The summed E-state index contributed by atoms with van der Waals surface area (Å²) in [6.07, 6.45) is 1.95. The molecule has 3 heterocycles. The second kappa shape index (κ2) is 12.3. The number of fused-ring (bicyclic) bond motifs is 1. The fourth-order valence-electron chi connectivity index (χ4n) is 4.95. The highest BCUT2D eigenvalue weighted by molar-refractivity contribution is 8.01. The van der Waals surface area contributed by atoms with Gasteiger partial charge < -0.3 is 25.0 Å². The van der Waals surface area contributed by atoms with Crippen molar-refractivity contribution in [2.24, 2.45) is 11.8 Å². The predicted octanol–water partition coefficient (Wildman–Crippen LogP) is 4.20. The Morgan fingerprint density at radius 2 is 2.12 bits per heavy atom. The standard InChI is InChI=1S/C26H34N2O4S2/c1-32-20-15-22-21(4-2-5-23(22)27-16-20)26(31)24(30)14-18-7-9-28(17-19(18)8-11-29)10-13-34-25-6-3-12-33-25/h2-6,12,15-16,18-19,24,26,29-31H,7-11,13-14,17H2,1H3/t18-,19-,24+,26+/m0/s1. The van der Waals surface area contributed by atoms with Crippen LogP contribution in [0.4, 0.5) is 0 Å². The molecule has 3 aromatic rings. The van der Waals surface area contributed by atoms with E-state index in [9.17, 15) is 15.3 Å².